The number of hydrogen-bond acceptors (Lipinski definition) is 4. The molecule has 0 spiro atoms. The molecule has 1 N–H and O–H groups in total. The van der Waals surface area contributed by atoms with Crippen molar-refractivity contribution in [2.45, 2.75) is 38.3 Å². The SMILES string of the molecule is CCOc1cc(C(=O)N2C3CCN2C(Cc2ccccc2)C3)ccc1-c1nc2cc(Cl)c(Cl)cc2[nH]1. The molecule has 3 heterocycles. The summed E-state index contributed by atoms with van der Waals surface area (Å²) in [5.74, 6) is 1.27. The van der Waals surface area contributed by atoms with Crippen LogP contribution in [0.4, 0.5) is 0 Å². The number of ether oxygens (including phenoxy) is 1. The molecule has 2 fully saturated rings. The normalized spacial score (nSPS) is 20.9. The van der Waals surface area contributed by atoms with Gasteiger partial charge >= 0.3 is 0 Å². The number of aromatic nitrogens is 2. The fourth-order valence-corrected chi connectivity index (χ4v) is 5.80. The first-order valence-corrected chi connectivity index (χ1v) is 13.0. The molecule has 0 saturated carbocycles. The van der Waals surface area contributed by atoms with E-state index in [0.29, 0.717) is 45.3 Å². The number of imidazole rings is 1. The van der Waals surface area contributed by atoms with Gasteiger partial charge in [0.05, 0.1) is 39.3 Å². The van der Waals surface area contributed by atoms with Crippen LogP contribution in [0.1, 0.15) is 35.7 Å². The van der Waals surface area contributed by atoms with Crippen molar-refractivity contribution in [3.63, 3.8) is 0 Å². The van der Waals surface area contributed by atoms with E-state index in [2.05, 4.69) is 39.2 Å². The summed E-state index contributed by atoms with van der Waals surface area (Å²) in [4.78, 5) is 21.7. The molecule has 1 amide bonds. The van der Waals surface area contributed by atoms with Gasteiger partial charge in [0, 0.05) is 18.2 Å². The highest BCUT2D eigenvalue weighted by atomic mass is 35.5. The number of fused-ring (bicyclic) bond motifs is 3. The van der Waals surface area contributed by atoms with Crippen LogP contribution in [0.25, 0.3) is 22.4 Å². The van der Waals surface area contributed by atoms with Crippen molar-refractivity contribution in [2.24, 2.45) is 0 Å². The smallest absolute Gasteiger partial charge is 0.268 e. The van der Waals surface area contributed by atoms with Crippen molar-refractivity contribution in [3.05, 3.63) is 81.8 Å². The van der Waals surface area contributed by atoms with Gasteiger partial charge in [-0.3, -0.25) is 9.80 Å². The zero-order valence-electron chi connectivity index (χ0n) is 19.9. The Labute approximate surface area is 219 Å². The van der Waals surface area contributed by atoms with Crippen LogP contribution >= 0.6 is 23.2 Å². The molecular weight excluding hydrogens is 495 g/mol. The first-order valence-electron chi connectivity index (χ1n) is 12.3. The molecule has 0 aliphatic carbocycles. The summed E-state index contributed by atoms with van der Waals surface area (Å²) in [6.45, 7) is 3.31. The van der Waals surface area contributed by atoms with Crippen LogP contribution in [0.5, 0.6) is 5.75 Å². The maximum atomic E-state index is 13.7. The summed E-state index contributed by atoms with van der Waals surface area (Å²) in [5.41, 5.74) is 4.20. The van der Waals surface area contributed by atoms with Crippen molar-refractivity contribution in [1.82, 2.24) is 20.0 Å². The van der Waals surface area contributed by atoms with E-state index in [-0.39, 0.29) is 11.9 Å². The van der Waals surface area contributed by atoms with Crippen LogP contribution in [-0.2, 0) is 6.42 Å². The van der Waals surface area contributed by atoms with E-state index in [9.17, 15) is 4.79 Å². The molecule has 36 heavy (non-hydrogen) atoms. The van der Waals surface area contributed by atoms with Gasteiger partial charge in [0.2, 0.25) is 0 Å². The lowest BCUT2D eigenvalue weighted by Crippen LogP contribution is -2.42. The largest absolute Gasteiger partial charge is 0.493 e. The first-order chi connectivity index (χ1) is 17.5. The number of carbonyl (C=O) groups is 1. The van der Waals surface area contributed by atoms with Crippen molar-refractivity contribution < 1.29 is 9.53 Å². The van der Waals surface area contributed by atoms with E-state index in [1.165, 1.54) is 5.56 Å². The van der Waals surface area contributed by atoms with E-state index in [4.69, 9.17) is 27.9 Å². The van der Waals surface area contributed by atoms with E-state index in [1.54, 1.807) is 12.1 Å². The number of aromatic amines is 1. The van der Waals surface area contributed by atoms with E-state index >= 15 is 0 Å². The second kappa shape index (κ2) is 9.43. The molecule has 8 heteroatoms. The Hall–Kier alpha value is -3.06. The number of nitrogens with one attached hydrogen (secondary N) is 1. The second-order valence-corrected chi connectivity index (χ2v) is 10.2. The maximum Gasteiger partial charge on any atom is 0.268 e. The van der Waals surface area contributed by atoms with Crippen molar-refractivity contribution >= 4 is 40.1 Å². The molecular formula is C28H26Cl2N4O2. The van der Waals surface area contributed by atoms with Gasteiger partial charge in [-0.05, 0) is 62.1 Å². The molecule has 184 valence electrons. The molecule has 6 nitrogen and oxygen atoms in total. The zero-order valence-corrected chi connectivity index (χ0v) is 21.4. The van der Waals surface area contributed by atoms with Crippen LogP contribution in [0.15, 0.2) is 60.7 Å². The Morgan fingerprint density at radius 1 is 1.11 bits per heavy atom. The van der Waals surface area contributed by atoms with Crippen LogP contribution in [0.3, 0.4) is 0 Å². The van der Waals surface area contributed by atoms with E-state index in [1.807, 2.05) is 36.2 Å². The molecule has 3 aromatic carbocycles. The van der Waals surface area contributed by atoms with Crippen LogP contribution in [0.2, 0.25) is 10.0 Å². The fraction of sp³-hybridized carbons (Fsp3) is 0.286. The van der Waals surface area contributed by atoms with Crippen molar-refractivity contribution in [2.75, 3.05) is 13.2 Å². The van der Waals surface area contributed by atoms with Crippen molar-refractivity contribution in [3.8, 4) is 17.1 Å². The van der Waals surface area contributed by atoms with Crippen molar-refractivity contribution in [1.29, 1.82) is 0 Å². The summed E-state index contributed by atoms with van der Waals surface area (Å²) in [6.07, 6.45) is 2.96. The van der Waals surface area contributed by atoms with Gasteiger partial charge in [0.15, 0.2) is 0 Å². The standard InChI is InChI=1S/C28H26Cl2N4O2/c1-2-36-26-13-18(8-9-21(26)27-31-24-15-22(29)23(30)16-25(24)32-27)28(35)34-19-10-11-33(34)20(14-19)12-17-6-4-3-5-7-17/h3-9,13,15-16,19-20H,2,10-12,14H2,1H3,(H,31,32). The monoisotopic (exact) mass is 520 g/mol. The minimum atomic E-state index is 0.0173. The van der Waals surface area contributed by atoms with Gasteiger partial charge in [-0.1, -0.05) is 53.5 Å². The summed E-state index contributed by atoms with van der Waals surface area (Å²) < 4.78 is 5.96. The average Bonchev–Trinajstić information content (AvgIpc) is 3.57. The fourth-order valence-electron chi connectivity index (χ4n) is 5.48. The lowest BCUT2D eigenvalue weighted by atomic mass is 9.97. The van der Waals surface area contributed by atoms with Crippen LogP contribution in [0, 0.1) is 0 Å². The molecule has 2 saturated heterocycles. The third kappa shape index (κ3) is 4.13. The summed E-state index contributed by atoms with van der Waals surface area (Å²) >= 11 is 12.3. The van der Waals surface area contributed by atoms with Gasteiger partial charge < -0.3 is 9.72 Å². The Bertz CT molecular complexity index is 1400. The third-order valence-electron chi connectivity index (χ3n) is 7.11. The maximum absolute atomic E-state index is 13.7. The van der Waals surface area contributed by atoms with Gasteiger partial charge in [0.25, 0.3) is 5.91 Å². The number of amides is 1. The number of hydrazine groups is 1. The van der Waals surface area contributed by atoms with E-state index < -0.39 is 0 Å². The summed E-state index contributed by atoms with van der Waals surface area (Å²) in [6, 6.07) is 20.2. The lowest BCUT2D eigenvalue weighted by Gasteiger charge is -2.28. The number of benzene rings is 3. The topological polar surface area (TPSA) is 61.5 Å². The molecule has 2 bridgehead atoms. The molecule has 3 unspecified atom stereocenters. The average molecular weight is 521 g/mol. The minimum absolute atomic E-state index is 0.0173. The van der Waals surface area contributed by atoms with Crippen LogP contribution < -0.4 is 4.74 Å². The van der Waals surface area contributed by atoms with Gasteiger partial charge in [-0.15, -0.1) is 0 Å². The van der Waals surface area contributed by atoms with Gasteiger partial charge in [-0.25, -0.2) is 9.99 Å². The number of halogens is 2. The molecule has 6 rings (SSSR count). The third-order valence-corrected chi connectivity index (χ3v) is 7.83. The molecule has 3 atom stereocenters. The second-order valence-electron chi connectivity index (χ2n) is 9.35. The number of hydrogen-bond donors (Lipinski definition) is 1. The Morgan fingerprint density at radius 2 is 1.92 bits per heavy atom. The molecule has 2 aliphatic heterocycles. The highest BCUT2D eigenvalue weighted by molar-refractivity contribution is 6.42. The predicted molar refractivity (Wildman–Crippen MR) is 143 cm³/mol. The van der Waals surface area contributed by atoms with Gasteiger partial charge in [0.1, 0.15) is 11.6 Å². The molecule has 4 aromatic rings. The Morgan fingerprint density at radius 3 is 2.72 bits per heavy atom. The number of rotatable bonds is 6. The van der Waals surface area contributed by atoms with Crippen LogP contribution in [-0.4, -0.2) is 51.1 Å². The molecule has 0 radical (unpaired) electrons. The summed E-state index contributed by atoms with van der Waals surface area (Å²) in [7, 11) is 0. The molecule has 2 aliphatic rings. The summed E-state index contributed by atoms with van der Waals surface area (Å²) in [5, 5.41) is 5.16. The number of carbonyl (C=O) groups excluding carboxylic acids is 1. The van der Waals surface area contributed by atoms with Gasteiger partial charge in [-0.2, -0.15) is 0 Å². The molecule has 1 aromatic heterocycles. The minimum Gasteiger partial charge on any atom is -0.493 e. The Kier molecular flexibility index (Phi) is 6.12. The number of piperidine rings is 1. The predicted octanol–water partition coefficient (Wildman–Crippen LogP) is 6.38. The number of nitrogens with zero attached hydrogens (tertiary/aromatic N) is 3. The number of H-pyrrole nitrogens is 1. The first kappa shape index (κ1) is 23.3. The Balaban J connectivity index is 1.28. The highest BCUT2D eigenvalue weighted by Gasteiger charge is 2.47. The highest BCUT2D eigenvalue weighted by Crippen LogP contribution is 2.38. The lowest BCUT2D eigenvalue weighted by molar-refractivity contribution is 0.0197. The quantitative estimate of drug-likeness (QED) is 0.320. The zero-order chi connectivity index (χ0) is 24.8. The van der Waals surface area contributed by atoms with E-state index in [0.717, 1.165) is 36.9 Å².